The molecule has 0 atom stereocenters. The van der Waals surface area contributed by atoms with Gasteiger partial charge in [-0.1, -0.05) is 20.8 Å². The van der Waals surface area contributed by atoms with E-state index in [1.165, 1.54) is 6.08 Å². The summed E-state index contributed by atoms with van der Waals surface area (Å²) in [6, 6.07) is 1.67. The van der Waals surface area contributed by atoms with Crippen LogP contribution in [0.5, 0.6) is 5.75 Å². The molecule has 3 heteroatoms. The van der Waals surface area contributed by atoms with Crippen LogP contribution in [0.3, 0.4) is 0 Å². The van der Waals surface area contributed by atoms with Gasteiger partial charge in [-0.2, -0.15) is 0 Å². The molecule has 0 saturated carbocycles. The summed E-state index contributed by atoms with van der Waals surface area (Å²) in [5, 5.41) is 10.2. The number of hydrogen-bond acceptors (Lipinski definition) is 3. The summed E-state index contributed by atoms with van der Waals surface area (Å²) in [6.45, 7) is 10.1. The van der Waals surface area contributed by atoms with E-state index in [4.69, 9.17) is 0 Å². The molecule has 0 bridgehead atoms. The van der Waals surface area contributed by atoms with Gasteiger partial charge in [0.15, 0.2) is 5.78 Å². The number of ketones is 1. The fourth-order valence-electron chi connectivity index (χ4n) is 2.39. The Kier molecular flexibility index (Phi) is 4.64. The summed E-state index contributed by atoms with van der Waals surface area (Å²) in [5.41, 5.74) is 3.20. The molecule has 0 fully saturated rings. The van der Waals surface area contributed by atoms with Crippen LogP contribution in [0.1, 0.15) is 47.8 Å². The Hall–Kier alpha value is -1.77. The lowest BCUT2D eigenvalue weighted by molar-refractivity contribution is 0.104. The molecular weight excluding hydrogens is 250 g/mol. The molecule has 0 heterocycles. The lowest BCUT2D eigenvalue weighted by Crippen LogP contribution is -2.19. The predicted octanol–water partition coefficient (Wildman–Crippen LogP) is 3.56. The van der Waals surface area contributed by atoms with E-state index in [-0.39, 0.29) is 16.9 Å². The van der Waals surface area contributed by atoms with Crippen LogP contribution in [0.4, 0.5) is 0 Å². The minimum absolute atomic E-state index is 0.0615. The van der Waals surface area contributed by atoms with Gasteiger partial charge in [0.2, 0.25) is 0 Å². The zero-order chi connectivity index (χ0) is 15.7. The van der Waals surface area contributed by atoms with E-state index in [0.29, 0.717) is 5.56 Å². The number of phenols is 1. The maximum Gasteiger partial charge on any atom is 0.191 e. The first-order valence-corrected chi connectivity index (χ1v) is 6.78. The molecule has 1 aromatic rings. The maximum absolute atomic E-state index is 12.4. The molecule has 1 aromatic carbocycles. The molecule has 20 heavy (non-hydrogen) atoms. The Labute approximate surface area is 121 Å². The molecule has 0 amide bonds. The average molecular weight is 275 g/mol. The average Bonchev–Trinajstić information content (AvgIpc) is 2.28. The molecule has 0 aliphatic carbocycles. The highest BCUT2D eigenvalue weighted by Gasteiger charge is 2.26. The van der Waals surface area contributed by atoms with E-state index >= 15 is 0 Å². The number of nitrogens with zero attached hydrogens (tertiary/aromatic N) is 1. The number of aromatic hydroxyl groups is 1. The number of carbonyl (C=O) groups excluding carboxylic acids is 1. The van der Waals surface area contributed by atoms with Crippen LogP contribution >= 0.6 is 0 Å². The van der Waals surface area contributed by atoms with E-state index in [1.807, 2.05) is 27.9 Å². The first kappa shape index (κ1) is 16.3. The maximum atomic E-state index is 12.4. The number of phenolic OH excluding ortho intramolecular Hbond substituents is 1. The molecule has 110 valence electrons. The van der Waals surface area contributed by atoms with Crippen LogP contribution < -0.4 is 0 Å². The summed E-state index contributed by atoms with van der Waals surface area (Å²) >= 11 is 0. The Morgan fingerprint density at radius 2 is 1.80 bits per heavy atom. The second kappa shape index (κ2) is 5.70. The van der Waals surface area contributed by atoms with Crippen molar-refractivity contribution in [1.82, 2.24) is 4.90 Å². The number of hydrogen-bond donors (Lipinski definition) is 1. The topological polar surface area (TPSA) is 40.5 Å². The van der Waals surface area contributed by atoms with Crippen molar-refractivity contribution in [2.45, 2.75) is 40.0 Å². The Balaban J connectivity index is 3.53. The van der Waals surface area contributed by atoms with Gasteiger partial charge in [0.05, 0.1) is 5.56 Å². The van der Waals surface area contributed by atoms with Gasteiger partial charge in [-0.15, -0.1) is 0 Å². The summed E-state index contributed by atoms with van der Waals surface area (Å²) in [7, 11) is 3.71. The first-order chi connectivity index (χ1) is 9.05. The summed E-state index contributed by atoms with van der Waals surface area (Å²) in [4.78, 5) is 14.2. The lowest BCUT2D eigenvalue weighted by Gasteiger charge is -2.26. The minimum atomic E-state index is -0.204. The second-order valence-corrected chi connectivity index (χ2v) is 6.48. The second-order valence-electron chi connectivity index (χ2n) is 6.48. The van der Waals surface area contributed by atoms with Crippen molar-refractivity contribution in [3.63, 3.8) is 0 Å². The molecular formula is C17H25NO2. The summed E-state index contributed by atoms with van der Waals surface area (Å²) in [5.74, 6) is -0.101. The van der Waals surface area contributed by atoms with E-state index in [2.05, 4.69) is 20.8 Å². The van der Waals surface area contributed by atoms with Crippen LogP contribution in [0.2, 0.25) is 0 Å². The number of carbonyl (C=O) groups is 1. The smallest absolute Gasteiger partial charge is 0.191 e. The molecule has 1 N–H and O–H groups in total. The van der Waals surface area contributed by atoms with Gasteiger partial charge in [0.25, 0.3) is 0 Å². The Morgan fingerprint density at radius 3 is 2.25 bits per heavy atom. The molecule has 3 nitrogen and oxygen atoms in total. The van der Waals surface area contributed by atoms with Crippen molar-refractivity contribution < 1.29 is 9.90 Å². The predicted molar refractivity (Wildman–Crippen MR) is 83.4 cm³/mol. The SMILES string of the molecule is Cc1cc(O)c(C(=O)/C=C/N(C)C)c(C(C)(C)C)c1C. The molecule has 0 spiro atoms. The van der Waals surface area contributed by atoms with E-state index in [9.17, 15) is 9.90 Å². The fraction of sp³-hybridized carbons (Fsp3) is 0.471. The van der Waals surface area contributed by atoms with Crippen LogP contribution in [0.15, 0.2) is 18.3 Å². The van der Waals surface area contributed by atoms with Crippen LogP contribution in [0, 0.1) is 13.8 Å². The third kappa shape index (κ3) is 3.41. The normalized spacial score (nSPS) is 11.9. The zero-order valence-electron chi connectivity index (χ0n) is 13.5. The van der Waals surface area contributed by atoms with Gasteiger partial charge in [0.1, 0.15) is 5.75 Å². The van der Waals surface area contributed by atoms with Gasteiger partial charge in [-0.3, -0.25) is 4.79 Å². The molecule has 0 aliphatic heterocycles. The largest absolute Gasteiger partial charge is 0.507 e. The molecule has 0 saturated heterocycles. The molecule has 1 rings (SSSR count). The van der Waals surface area contributed by atoms with Crippen molar-refractivity contribution >= 4 is 5.78 Å². The highest BCUT2D eigenvalue weighted by Crippen LogP contribution is 2.36. The third-order valence-corrected chi connectivity index (χ3v) is 3.35. The van der Waals surface area contributed by atoms with Crippen molar-refractivity contribution in [2.75, 3.05) is 14.1 Å². The molecule has 0 aliphatic rings. The van der Waals surface area contributed by atoms with Gasteiger partial charge >= 0.3 is 0 Å². The van der Waals surface area contributed by atoms with Crippen LogP contribution in [-0.2, 0) is 5.41 Å². The summed E-state index contributed by atoms with van der Waals surface area (Å²) < 4.78 is 0. The van der Waals surface area contributed by atoms with Gasteiger partial charge < -0.3 is 10.0 Å². The van der Waals surface area contributed by atoms with Gasteiger partial charge in [0, 0.05) is 26.4 Å². The minimum Gasteiger partial charge on any atom is -0.507 e. The zero-order valence-corrected chi connectivity index (χ0v) is 13.5. The Morgan fingerprint density at radius 1 is 1.25 bits per heavy atom. The van der Waals surface area contributed by atoms with E-state index in [1.54, 1.807) is 17.2 Å². The first-order valence-electron chi connectivity index (χ1n) is 6.78. The van der Waals surface area contributed by atoms with E-state index < -0.39 is 0 Å². The summed E-state index contributed by atoms with van der Waals surface area (Å²) in [6.07, 6.45) is 3.20. The highest BCUT2D eigenvalue weighted by molar-refractivity contribution is 6.08. The monoisotopic (exact) mass is 275 g/mol. The Bertz CT molecular complexity index is 549. The standard InChI is InChI=1S/C17H25NO2/c1-11-10-14(20)15(13(19)8-9-18(6)7)16(12(11)2)17(3,4)5/h8-10,20H,1-7H3/b9-8+. The van der Waals surface area contributed by atoms with Gasteiger partial charge in [-0.25, -0.2) is 0 Å². The van der Waals surface area contributed by atoms with Crippen LogP contribution in [0.25, 0.3) is 0 Å². The number of aryl methyl sites for hydroxylation is 1. The molecule has 0 aromatic heterocycles. The number of allylic oxidation sites excluding steroid dienone is 1. The van der Waals surface area contributed by atoms with E-state index in [0.717, 1.165) is 16.7 Å². The van der Waals surface area contributed by atoms with Crippen molar-refractivity contribution in [3.8, 4) is 5.75 Å². The fourth-order valence-corrected chi connectivity index (χ4v) is 2.39. The van der Waals surface area contributed by atoms with Crippen LogP contribution in [-0.4, -0.2) is 29.9 Å². The highest BCUT2D eigenvalue weighted by atomic mass is 16.3. The number of benzene rings is 1. The van der Waals surface area contributed by atoms with Crippen molar-refractivity contribution in [2.24, 2.45) is 0 Å². The quantitative estimate of drug-likeness (QED) is 0.677. The molecule has 0 unspecified atom stereocenters. The van der Waals surface area contributed by atoms with Crippen molar-refractivity contribution in [1.29, 1.82) is 0 Å². The lowest BCUT2D eigenvalue weighted by atomic mass is 9.78. The third-order valence-electron chi connectivity index (χ3n) is 3.35. The van der Waals surface area contributed by atoms with Crippen molar-refractivity contribution in [3.05, 3.63) is 40.6 Å². The number of rotatable bonds is 3. The molecule has 0 radical (unpaired) electrons. The van der Waals surface area contributed by atoms with Gasteiger partial charge in [-0.05, 0) is 42.0 Å².